The van der Waals surface area contributed by atoms with Gasteiger partial charge in [-0.25, -0.2) is 4.68 Å². The summed E-state index contributed by atoms with van der Waals surface area (Å²) in [6.45, 7) is 2.38. The molecule has 0 aliphatic carbocycles. The number of nitrogens with zero attached hydrogens (tertiary/aromatic N) is 3. The Labute approximate surface area is 150 Å². The predicted octanol–water partition coefficient (Wildman–Crippen LogP) is 3.55. The molecule has 0 atom stereocenters. The van der Waals surface area contributed by atoms with E-state index in [0.29, 0.717) is 28.7 Å². The van der Waals surface area contributed by atoms with Crippen LogP contribution in [-0.4, -0.2) is 28.0 Å². The average molecular weight is 357 g/mol. The molecule has 3 aromatic rings. The molecule has 1 amide bonds. The van der Waals surface area contributed by atoms with Crippen molar-refractivity contribution in [2.45, 2.75) is 13.5 Å². The smallest absolute Gasteiger partial charge is 0.278 e. The molecule has 25 heavy (non-hydrogen) atoms. The van der Waals surface area contributed by atoms with Gasteiger partial charge in [-0.2, -0.15) is 0 Å². The van der Waals surface area contributed by atoms with Crippen LogP contribution in [0.4, 0.5) is 5.69 Å². The van der Waals surface area contributed by atoms with Gasteiger partial charge in [0.15, 0.2) is 5.69 Å². The fourth-order valence-electron chi connectivity index (χ4n) is 2.41. The number of hydrogen-bond acceptors (Lipinski definition) is 4. The molecule has 0 bridgehead atoms. The van der Waals surface area contributed by atoms with Gasteiger partial charge in [-0.3, -0.25) is 4.79 Å². The van der Waals surface area contributed by atoms with Crippen LogP contribution in [0.15, 0.2) is 48.5 Å². The Morgan fingerprint density at radius 3 is 2.68 bits per heavy atom. The number of halogens is 1. The second-order valence-electron chi connectivity index (χ2n) is 5.47. The number of rotatable bonds is 5. The molecule has 0 spiro atoms. The van der Waals surface area contributed by atoms with E-state index >= 15 is 0 Å². The van der Waals surface area contributed by atoms with Crippen LogP contribution in [0.1, 0.15) is 21.7 Å². The van der Waals surface area contributed by atoms with E-state index in [0.717, 1.165) is 5.56 Å². The van der Waals surface area contributed by atoms with Crippen molar-refractivity contribution < 1.29 is 9.53 Å². The van der Waals surface area contributed by atoms with Crippen LogP contribution in [0, 0.1) is 6.92 Å². The van der Waals surface area contributed by atoms with Gasteiger partial charge in [0.25, 0.3) is 5.91 Å². The van der Waals surface area contributed by atoms with Crippen LogP contribution in [0.25, 0.3) is 0 Å². The summed E-state index contributed by atoms with van der Waals surface area (Å²) < 4.78 is 6.80. The molecule has 0 radical (unpaired) electrons. The van der Waals surface area contributed by atoms with Gasteiger partial charge in [-0.15, -0.1) is 5.10 Å². The lowest BCUT2D eigenvalue weighted by Crippen LogP contribution is -2.14. The van der Waals surface area contributed by atoms with Crippen molar-refractivity contribution in [1.82, 2.24) is 15.0 Å². The molecular weight excluding hydrogens is 340 g/mol. The van der Waals surface area contributed by atoms with Crippen LogP contribution >= 0.6 is 11.6 Å². The number of hydrogen-bond donors (Lipinski definition) is 1. The van der Waals surface area contributed by atoms with Crippen molar-refractivity contribution in [2.24, 2.45) is 0 Å². The van der Waals surface area contributed by atoms with Gasteiger partial charge >= 0.3 is 0 Å². The summed E-state index contributed by atoms with van der Waals surface area (Å²) in [6.07, 6.45) is 0. The van der Waals surface area contributed by atoms with Gasteiger partial charge in [0, 0.05) is 5.69 Å². The molecule has 3 rings (SSSR count). The third-order valence-electron chi connectivity index (χ3n) is 3.78. The molecular formula is C18H17ClN4O2. The summed E-state index contributed by atoms with van der Waals surface area (Å²) in [5.74, 6) is 0.211. The van der Waals surface area contributed by atoms with Crippen LogP contribution in [0.5, 0.6) is 5.75 Å². The summed E-state index contributed by atoms with van der Waals surface area (Å²) in [7, 11) is 1.54. The zero-order valence-electron chi connectivity index (χ0n) is 13.9. The van der Waals surface area contributed by atoms with E-state index in [1.54, 1.807) is 22.9 Å². The SMILES string of the molecule is COc1ccc(NC(=O)c2nnn(Cc3ccccc3)c2C)cc1Cl. The molecule has 2 aromatic carbocycles. The Bertz CT molecular complexity index is 893. The molecule has 6 nitrogen and oxygen atoms in total. The number of ether oxygens (including phenoxy) is 1. The number of methoxy groups -OCH3 is 1. The van der Waals surface area contributed by atoms with Crippen LogP contribution < -0.4 is 10.1 Å². The van der Waals surface area contributed by atoms with Crippen molar-refractivity contribution in [3.05, 3.63) is 70.5 Å². The Balaban J connectivity index is 1.76. The summed E-state index contributed by atoms with van der Waals surface area (Å²) >= 11 is 6.08. The standard InChI is InChI=1S/C18H17ClN4O2/c1-12-17(21-22-23(12)11-13-6-4-3-5-7-13)18(24)20-14-8-9-16(25-2)15(19)10-14/h3-10H,11H2,1-2H3,(H,20,24). The third-order valence-corrected chi connectivity index (χ3v) is 4.08. The first-order valence-corrected chi connectivity index (χ1v) is 8.05. The molecule has 128 valence electrons. The highest BCUT2D eigenvalue weighted by Crippen LogP contribution is 2.27. The molecule has 1 aromatic heterocycles. The molecule has 0 unspecified atom stereocenters. The Morgan fingerprint density at radius 1 is 1.24 bits per heavy atom. The maximum absolute atomic E-state index is 12.5. The Morgan fingerprint density at radius 2 is 2.00 bits per heavy atom. The van der Waals surface area contributed by atoms with Crippen LogP contribution in [-0.2, 0) is 6.54 Å². The minimum Gasteiger partial charge on any atom is -0.495 e. The zero-order chi connectivity index (χ0) is 17.8. The lowest BCUT2D eigenvalue weighted by Gasteiger charge is -2.07. The first kappa shape index (κ1) is 17.0. The lowest BCUT2D eigenvalue weighted by molar-refractivity contribution is 0.102. The van der Waals surface area contributed by atoms with E-state index in [9.17, 15) is 4.79 Å². The van der Waals surface area contributed by atoms with Gasteiger partial charge in [0.1, 0.15) is 5.75 Å². The lowest BCUT2D eigenvalue weighted by atomic mass is 10.2. The summed E-state index contributed by atoms with van der Waals surface area (Å²) in [5, 5.41) is 11.3. The van der Waals surface area contributed by atoms with Crippen molar-refractivity contribution in [1.29, 1.82) is 0 Å². The van der Waals surface area contributed by atoms with Crippen molar-refractivity contribution in [3.63, 3.8) is 0 Å². The number of carbonyl (C=O) groups excluding carboxylic acids is 1. The minimum atomic E-state index is -0.335. The number of carbonyl (C=O) groups is 1. The second kappa shape index (κ2) is 7.36. The maximum Gasteiger partial charge on any atom is 0.278 e. The van der Waals surface area contributed by atoms with E-state index in [4.69, 9.17) is 16.3 Å². The molecule has 0 fully saturated rings. The van der Waals surface area contributed by atoms with E-state index < -0.39 is 0 Å². The third kappa shape index (κ3) is 3.80. The number of anilines is 1. The van der Waals surface area contributed by atoms with E-state index in [1.165, 1.54) is 7.11 Å². The normalized spacial score (nSPS) is 10.5. The van der Waals surface area contributed by atoms with Crippen molar-refractivity contribution in [3.8, 4) is 5.75 Å². The molecule has 1 heterocycles. The monoisotopic (exact) mass is 356 g/mol. The quantitative estimate of drug-likeness (QED) is 0.759. The van der Waals surface area contributed by atoms with Gasteiger partial charge in [0.05, 0.1) is 24.4 Å². The maximum atomic E-state index is 12.5. The van der Waals surface area contributed by atoms with E-state index in [2.05, 4.69) is 15.6 Å². The van der Waals surface area contributed by atoms with Crippen molar-refractivity contribution in [2.75, 3.05) is 12.4 Å². The largest absolute Gasteiger partial charge is 0.495 e. The molecule has 1 N–H and O–H groups in total. The molecule has 0 saturated carbocycles. The predicted molar refractivity (Wildman–Crippen MR) is 96.3 cm³/mol. The topological polar surface area (TPSA) is 69.0 Å². The van der Waals surface area contributed by atoms with Gasteiger partial charge in [-0.1, -0.05) is 47.1 Å². The Kier molecular flexibility index (Phi) is 5.00. The average Bonchev–Trinajstić information content (AvgIpc) is 2.97. The second-order valence-corrected chi connectivity index (χ2v) is 5.88. The van der Waals surface area contributed by atoms with Gasteiger partial charge in [-0.05, 0) is 30.7 Å². The first-order valence-electron chi connectivity index (χ1n) is 7.67. The fraction of sp³-hybridized carbons (Fsp3) is 0.167. The van der Waals surface area contributed by atoms with Crippen LogP contribution in [0.3, 0.4) is 0 Å². The number of aromatic nitrogens is 3. The van der Waals surface area contributed by atoms with Crippen LogP contribution in [0.2, 0.25) is 5.02 Å². The van der Waals surface area contributed by atoms with E-state index in [1.807, 2.05) is 37.3 Å². The number of nitrogens with one attached hydrogen (secondary N) is 1. The molecule has 7 heteroatoms. The number of amides is 1. The number of benzene rings is 2. The van der Waals surface area contributed by atoms with Gasteiger partial charge < -0.3 is 10.1 Å². The highest BCUT2D eigenvalue weighted by molar-refractivity contribution is 6.32. The summed E-state index contributed by atoms with van der Waals surface area (Å²) in [4.78, 5) is 12.5. The van der Waals surface area contributed by atoms with Gasteiger partial charge in [0.2, 0.25) is 0 Å². The highest BCUT2D eigenvalue weighted by Gasteiger charge is 2.17. The molecule has 0 aliphatic rings. The van der Waals surface area contributed by atoms with Crippen molar-refractivity contribution >= 4 is 23.2 Å². The highest BCUT2D eigenvalue weighted by atomic mass is 35.5. The zero-order valence-corrected chi connectivity index (χ0v) is 14.6. The Hall–Kier alpha value is -2.86. The molecule has 0 saturated heterocycles. The summed E-state index contributed by atoms with van der Waals surface area (Å²) in [5.41, 5.74) is 2.63. The van der Waals surface area contributed by atoms with E-state index in [-0.39, 0.29) is 11.6 Å². The first-order chi connectivity index (χ1) is 12.1. The minimum absolute atomic E-state index is 0.280. The molecule has 0 aliphatic heterocycles. The summed E-state index contributed by atoms with van der Waals surface area (Å²) in [6, 6.07) is 14.9. The fourth-order valence-corrected chi connectivity index (χ4v) is 2.67.